The zero-order valence-corrected chi connectivity index (χ0v) is 11.3. The summed E-state index contributed by atoms with van der Waals surface area (Å²) in [4.78, 5) is 9.28. The van der Waals surface area contributed by atoms with Crippen LogP contribution in [-0.2, 0) is 4.84 Å². The normalized spacial score (nSPS) is 22.5. The van der Waals surface area contributed by atoms with Crippen molar-refractivity contribution in [3.05, 3.63) is 30.1 Å². The van der Waals surface area contributed by atoms with E-state index in [0.717, 1.165) is 31.5 Å². The SMILES string of the molecule is CC(CON=Cc1ccncc1)C1CCCN(O)C1. The second-order valence-corrected chi connectivity index (χ2v) is 5.10. The molecule has 2 atom stereocenters. The average Bonchev–Trinajstić information content (AvgIpc) is 2.44. The molecule has 5 heteroatoms. The maximum absolute atomic E-state index is 9.51. The third kappa shape index (κ3) is 4.61. The Morgan fingerprint density at radius 2 is 2.37 bits per heavy atom. The van der Waals surface area contributed by atoms with E-state index in [1.807, 2.05) is 12.1 Å². The molecule has 0 spiro atoms. The maximum Gasteiger partial charge on any atom is 0.120 e. The van der Waals surface area contributed by atoms with E-state index in [2.05, 4.69) is 17.1 Å². The quantitative estimate of drug-likeness (QED) is 0.653. The van der Waals surface area contributed by atoms with Crippen molar-refractivity contribution >= 4 is 6.21 Å². The highest BCUT2D eigenvalue weighted by Gasteiger charge is 2.24. The van der Waals surface area contributed by atoms with Crippen LogP contribution < -0.4 is 0 Å². The Morgan fingerprint density at radius 3 is 3.11 bits per heavy atom. The van der Waals surface area contributed by atoms with Crippen LogP contribution >= 0.6 is 0 Å². The van der Waals surface area contributed by atoms with Crippen molar-refractivity contribution in [1.29, 1.82) is 0 Å². The van der Waals surface area contributed by atoms with Crippen molar-refractivity contribution in [2.75, 3.05) is 19.7 Å². The summed E-state index contributed by atoms with van der Waals surface area (Å²) in [6.45, 7) is 4.24. The van der Waals surface area contributed by atoms with Crippen LogP contribution in [0.15, 0.2) is 29.7 Å². The predicted molar refractivity (Wildman–Crippen MR) is 73.0 cm³/mol. The summed E-state index contributed by atoms with van der Waals surface area (Å²) in [6.07, 6.45) is 7.33. The summed E-state index contributed by atoms with van der Waals surface area (Å²) in [5, 5.41) is 14.9. The fraction of sp³-hybridized carbons (Fsp3) is 0.571. The van der Waals surface area contributed by atoms with Crippen molar-refractivity contribution < 1.29 is 10.0 Å². The van der Waals surface area contributed by atoms with Crippen LogP contribution in [-0.4, -0.2) is 41.2 Å². The van der Waals surface area contributed by atoms with Gasteiger partial charge in [-0.25, -0.2) is 0 Å². The number of hydroxylamine groups is 2. The van der Waals surface area contributed by atoms with Crippen molar-refractivity contribution in [3.63, 3.8) is 0 Å². The van der Waals surface area contributed by atoms with Gasteiger partial charge in [0, 0.05) is 25.5 Å². The first kappa shape index (κ1) is 14.0. The largest absolute Gasteiger partial charge is 0.396 e. The van der Waals surface area contributed by atoms with Crippen molar-refractivity contribution in [2.45, 2.75) is 19.8 Å². The summed E-state index contributed by atoms with van der Waals surface area (Å²) < 4.78 is 0. The molecule has 2 unspecified atom stereocenters. The summed E-state index contributed by atoms with van der Waals surface area (Å²) in [5.41, 5.74) is 0.974. The molecule has 2 heterocycles. The van der Waals surface area contributed by atoms with Crippen LogP contribution in [0.2, 0.25) is 0 Å². The van der Waals surface area contributed by atoms with E-state index in [0.29, 0.717) is 18.4 Å². The third-order valence-electron chi connectivity index (χ3n) is 3.56. The van der Waals surface area contributed by atoms with Crippen LogP contribution in [0.5, 0.6) is 0 Å². The van der Waals surface area contributed by atoms with E-state index < -0.39 is 0 Å². The van der Waals surface area contributed by atoms with Gasteiger partial charge in [0.05, 0.1) is 6.21 Å². The number of pyridine rings is 1. The van der Waals surface area contributed by atoms with Gasteiger partial charge in [-0.3, -0.25) is 4.98 Å². The monoisotopic (exact) mass is 263 g/mol. The molecule has 0 aliphatic carbocycles. The second-order valence-electron chi connectivity index (χ2n) is 5.10. The van der Waals surface area contributed by atoms with Crippen LogP contribution in [0.1, 0.15) is 25.3 Å². The van der Waals surface area contributed by atoms with Gasteiger partial charge < -0.3 is 10.0 Å². The Hall–Kier alpha value is -1.46. The van der Waals surface area contributed by atoms with Crippen LogP contribution in [0.3, 0.4) is 0 Å². The van der Waals surface area contributed by atoms with Gasteiger partial charge in [0.25, 0.3) is 0 Å². The number of hydrogen-bond donors (Lipinski definition) is 1. The lowest BCUT2D eigenvalue weighted by molar-refractivity contribution is -0.126. The molecular weight excluding hydrogens is 242 g/mol. The van der Waals surface area contributed by atoms with Crippen LogP contribution in [0.25, 0.3) is 0 Å². The Labute approximate surface area is 113 Å². The molecule has 5 nitrogen and oxygen atoms in total. The number of piperidine rings is 1. The van der Waals surface area contributed by atoms with Gasteiger partial charge in [-0.2, -0.15) is 5.06 Å². The highest BCUT2D eigenvalue weighted by molar-refractivity contribution is 5.78. The minimum absolute atomic E-state index is 0.393. The first-order valence-electron chi connectivity index (χ1n) is 6.75. The van der Waals surface area contributed by atoms with E-state index in [1.165, 1.54) is 5.06 Å². The summed E-state index contributed by atoms with van der Waals surface area (Å²) >= 11 is 0. The number of oxime groups is 1. The van der Waals surface area contributed by atoms with Gasteiger partial charge in [-0.1, -0.05) is 12.1 Å². The van der Waals surface area contributed by atoms with Gasteiger partial charge in [0.15, 0.2) is 0 Å². The number of hydrogen-bond acceptors (Lipinski definition) is 5. The van der Waals surface area contributed by atoms with E-state index in [4.69, 9.17) is 4.84 Å². The molecule has 1 aromatic heterocycles. The van der Waals surface area contributed by atoms with E-state index in [1.54, 1.807) is 18.6 Å². The molecular formula is C14H21N3O2. The topological polar surface area (TPSA) is 58.0 Å². The summed E-state index contributed by atoms with van der Waals surface area (Å²) in [5.74, 6) is 0.874. The molecule has 1 N–H and O–H groups in total. The van der Waals surface area contributed by atoms with Gasteiger partial charge in [-0.15, -0.1) is 0 Å². The molecule has 1 fully saturated rings. The Bertz CT molecular complexity index is 397. The molecule has 2 rings (SSSR count). The predicted octanol–water partition coefficient (Wildman–Crippen LogP) is 2.17. The Morgan fingerprint density at radius 1 is 1.58 bits per heavy atom. The van der Waals surface area contributed by atoms with Crippen molar-refractivity contribution in [1.82, 2.24) is 10.0 Å². The van der Waals surface area contributed by atoms with Gasteiger partial charge in [-0.05, 0) is 42.4 Å². The molecule has 0 aromatic carbocycles. The molecule has 1 saturated heterocycles. The highest BCUT2D eigenvalue weighted by atomic mass is 16.6. The summed E-state index contributed by atoms with van der Waals surface area (Å²) in [7, 11) is 0. The maximum atomic E-state index is 9.51. The molecule has 0 amide bonds. The lowest BCUT2D eigenvalue weighted by atomic mass is 9.88. The molecule has 19 heavy (non-hydrogen) atoms. The molecule has 0 radical (unpaired) electrons. The molecule has 1 aliphatic rings. The van der Waals surface area contributed by atoms with E-state index in [-0.39, 0.29) is 0 Å². The van der Waals surface area contributed by atoms with Gasteiger partial charge in [0.2, 0.25) is 0 Å². The molecule has 0 bridgehead atoms. The fourth-order valence-corrected chi connectivity index (χ4v) is 2.30. The van der Waals surface area contributed by atoms with Gasteiger partial charge in [0.1, 0.15) is 6.61 Å². The Balaban J connectivity index is 1.71. The van der Waals surface area contributed by atoms with Crippen molar-refractivity contribution in [2.24, 2.45) is 17.0 Å². The second kappa shape index (κ2) is 7.21. The average molecular weight is 263 g/mol. The van der Waals surface area contributed by atoms with E-state index in [9.17, 15) is 5.21 Å². The minimum Gasteiger partial charge on any atom is -0.396 e. The zero-order valence-electron chi connectivity index (χ0n) is 11.3. The Kier molecular flexibility index (Phi) is 5.30. The summed E-state index contributed by atoms with van der Waals surface area (Å²) in [6, 6.07) is 3.75. The first-order valence-corrected chi connectivity index (χ1v) is 6.75. The van der Waals surface area contributed by atoms with E-state index >= 15 is 0 Å². The number of nitrogens with zero attached hydrogens (tertiary/aromatic N) is 3. The number of rotatable bonds is 5. The first-order chi connectivity index (χ1) is 9.25. The molecule has 104 valence electrons. The number of aromatic nitrogens is 1. The smallest absolute Gasteiger partial charge is 0.120 e. The lowest BCUT2D eigenvalue weighted by Gasteiger charge is -2.31. The van der Waals surface area contributed by atoms with Crippen molar-refractivity contribution in [3.8, 4) is 0 Å². The molecule has 1 aromatic rings. The fourth-order valence-electron chi connectivity index (χ4n) is 2.30. The van der Waals surface area contributed by atoms with Gasteiger partial charge >= 0.3 is 0 Å². The third-order valence-corrected chi connectivity index (χ3v) is 3.56. The molecule has 1 aliphatic heterocycles. The highest BCUT2D eigenvalue weighted by Crippen LogP contribution is 2.23. The minimum atomic E-state index is 0.393. The zero-order chi connectivity index (χ0) is 13.5. The van der Waals surface area contributed by atoms with Crippen LogP contribution in [0.4, 0.5) is 0 Å². The molecule has 0 saturated carbocycles. The van der Waals surface area contributed by atoms with Crippen LogP contribution in [0, 0.1) is 11.8 Å². The lowest BCUT2D eigenvalue weighted by Crippen LogP contribution is -2.36. The standard InChI is InChI=1S/C14H21N3O2/c1-12(14-3-2-8-17(18)10-14)11-19-16-9-13-4-6-15-7-5-13/h4-7,9,12,14,18H,2-3,8,10-11H2,1H3.